The van der Waals surface area contributed by atoms with Gasteiger partial charge in [0.1, 0.15) is 0 Å². The fourth-order valence-corrected chi connectivity index (χ4v) is 1.23. The zero-order valence-electron chi connectivity index (χ0n) is 8.17. The van der Waals surface area contributed by atoms with Gasteiger partial charge in [-0.2, -0.15) is 18.4 Å². The molecule has 15 heavy (non-hydrogen) atoms. The summed E-state index contributed by atoms with van der Waals surface area (Å²) in [6.07, 6.45) is -3.81. The van der Waals surface area contributed by atoms with Gasteiger partial charge in [0.25, 0.3) is 0 Å². The van der Waals surface area contributed by atoms with Gasteiger partial charge in [-0.25, -0.2) is 0 Å². The van der Waals surface area contributed by atoms with E-state index in [0.717, 1.165) is 17.7 Å². The lowest BCUT2D eigenvalue weighted by Gasteiger charge is -2.07. The van der Waals surface area contributed by atoms with Gasteiger partial charge < -0.3 is 0 Å². The lowest BCUT2D eigenvalue weighted by atomic mass is 10.0. The summed E-state index contributed by atoms with van der Waals surface area (Å²) in [6.45, 7) is 1.73. The van der Waals surface area contributed by atoms with Crippen LogP contribution in [-0.2, 0) is 12.6 Å². The summed E-state index contributed by atoms with van der Waals surface area (Å²) < 4.78 is 36.6. The van der Waals surface area contributed by atoms with Crippen LogP contribution in [0.4, 0.5) is 13.2 Å². The summed E-state index contributed by atoms with van der Waals surface area (Å²) in [5.74, 6) is -0.179. The number of hydrogen-bond donors (Lipinski definition) is 0. The first-order valence-corrected chi connectivity index (χ1v) is 4.49. The van der Waals surface area contributed by atoms with Crippen molar-refractivity contribution in [1.82, 2.24) is 0 Å². The van der Waals surface area contributed by atoms with Crippen LogP contribution in [0.1, 0.15) is 18.1 Å². The first-order chi connectivity index (χ1) is 6.93. The normalized spacial score (nSPS) is 13.3. The third-order valence-corrected chi connectivity index (χ3v) is 2.04. The number of halogens is 3. The van der Waals surface area contributed by atoms with E-state index in [1.54, 1.807) is 6.92 Å². The van der Waals surface area contributed by atoms with Gasteiger partial charge in [-0.15, -0.1) is 0 Å². The van der Waals surface area contributed by atoms with Crippen LogP contribution in [0.2, 0.25) is 0 Å². The molecule has 0 fully saturated rings. The molecular weight excluding hydrogens is 203 g/mol. The maximum absolute atomic E-state index is 12.2. The van der Waals surface area contributed by atoms with E-state index in [4.69, 9.17) is 5.26 Å². The molecular formula is C11H10F3N. The van der Waals surface area contributed by atoms with Crippen molar-refractivity contribution in [2.24, 2.45) is 5.92 Å². The lowest BCUT2D eigenvalue weighted by Crippen LogP contribution is -2.05. The van der Waals surface area contributed by atoms with E-state index in [0.29, 0.717) is 6.42 Å². The molecule has 0 aliphatic heterocycles. The van der Waals surface area contributed by atoms with Gasteiger partial charge >= 0.3 is 6.18 Å². The molecule has 0 saturated carbocycles. The van der Waals surface area contributed by atoms with Crippen molar-refractivity contribution >= 4 is 0 Å². The first-order valence-electron chi connectivity index (χ1n) is 4.49. The highest BCUT2D eigenvalue weighted by Gasteiger charge is 2.29. The zero-order chi connectivity index (χ0) is 11.5. The Kier molecular flexibility index (Phi) is 3.35. The Balaban J connectivity index is 2.78. The molecule has 0 aliphatic carbocycles. The van der Waals surface area contributed by atoms with Gasteiger partial charge in [-0.05, 0) is 31.0 Å². The predicted molar refractivity (Wildman–Crippen MR) is 49.9 cm³/mol. The number of benzene rings is 1. The number of nitrogens with zero attached hydrogens (tertiary/aromatic N) is 1. The summed E-state index contributed by atoms with van der Waals surface area (Å²) in [4.78, 5) is 0. The van der Waals surface area contributed by atoms with Crippen LogP contribution in [0.15, 0.2) is 24.3 Å². The fraction of sp³-hybridized carbons (Fsp3) is 0.364. The quantitative estimate of drug-likeness (QED) is 0.738. The molecule has 0 radical (unpaired) electrons. The zero-order valence-corrected chi connectivity index (χ0v) is 8.17. The van der Waals surface area contributed by atoms with Crippen LogP contribution in [0.5, 0.6) is 0 Å². The van der Waals surface area contributed by atoms with Crippen LogP contribution in [0, 0.1) is 17.2 Å². The highest BCUT2D eigenvalue weighted by atomic mass is 19.4. The number of rotatable bonds is 2. The smallest absolute Gasteiger partial charge is 0.198 e. The van der Waals surface area contributed by atoms with E-state index < -0.39 is 11.7 Å². The van der Waals surface area contributed by atoms with Crippen molar-refractivity contribution < 1.29 is 13.2 Å². The molecule has 1 unspecified atom stereocenters. The second-order valence-electron chi connectivity index (χ2n) is 3.43. The minimum absolute atomic E-state index is 0.179. The summed E-state index contributed by atoms with van der Waals surface area (Å²) >= 11 is 0. The number of nitriles is 1. The van der Waals surface area contributed by atoms with Crippen molar-refractivity contribution in [1.29, 1.82) is 5.26 Å². The number of alkyl halides is 3. The van der Waals surface area contributed by atoms with E-state index in [1.807, 2.05) is 6.07 Å². The summed E-state index contributed by atoms with van der Waals surface area (Å²) in [7, 11) is 0. The van der Waals surface area contributed by atoms with E-state index in [1.165, 1.54) is 12.1 Å². The van der Waals surface area contributed by atoms with Crippen LogP contribution < -0.4 is 0 Å². The topological polar surface area (TPSA) is 23.8 Å². The maximum Gasteiger partial charge on any atom is 0.416 e. The van der Waals surface area contributed by atoms with Crippen molar-refractivity contribution in [3.05, 3.63) is 35.4 Å². The molecule has 0 N–H and O–H groups in total. The summed E-state index contributed by atoms with van der Waals surface area (Å²) in [5.41, 5.74) is 0.0907. The Morgan fingerprint density at radius 1 is 1.27 bits per heavy atom. The molecule has 0 bridgehead atoms. The highest BCUT2D eigenvalue weighted by molar-refractivity contribution is 5.25. The van der Waals surface area contributed by atoms with E-state index in [-0.39, 0.29) is 5.92 Å². The Hall–Kier alpha value is -1.50. The van der Waals surface area contributed by atoms with Crippen molar-refractivity contribution in [3.8, 4) is 6.07 Å². The Labute approximate surface area is 86.1 Å². The van der Waals surface area contributed by atoms with Gasteiger partial charge in [0.2, 0.25) is 0 Å². The van der Waals surface area contributed by atoms with Crippen molar-refractivity contribution in [2.75, 3.05) is 0 Å². The Morgan fingerprint density at radius 3 is 2.20 bits per heavy atom. The van der Waals surface area contributed by atoms with Crippen LogP contribution in [0.25, 0.3) is 0 Å². The molecule has 1 rings (SSSR count). The maximum atomic E-state index is 12.2. The first kappa shape index (κ1) is 11.6. The standard InChI is InChI=1S/C11H10F3N/c1-8(7-15)6-9-2-4-10(5-3-9)11(12,13)14/h2-5,8H,6H2,1H3. The third kappa shape index (κ3) is 3.28. The molecule has 4 heteroatoms. The van der Waals surface area contributed by atoms with Gasteiger partial charge in [-0.3, -0.25) is 0 Å². The average molecular weight is 213 g/mol. The van der Waals surface area contributed by atoms with Crippen LogP contribution in [0.3, 0.4) is 0 Å². The average Bonchev–Trinajstić information content (AvgIpc) is 2.17. The van der Waals surface area contributed by atoms with E-state index in [2.05, 4.69) is 0 Å². The molecule has 0 aliphatic rings. The fourth-order valence-electron chi connectivity index (χ4n) is 1.23. The molecule has 0 heterocycles. The molecule has 1 atom stereocenters. The van der Waals surface area contributed by atoms with E-state index >= 15 is 0 Å². The second kappa shape index (κ2) is 4.35. The van der Waals surface area contributed by atoms with Gasteiger partial charge in [0, 0.05) is 5.92 Å². The van der Waals surface area contributed by atoms with Crippen LogP contribution >= 0.6 is 0 Å². The van der Waals surface area contributed by atoms with Crippen LogP contribution in [-0.4, -0.2) is 0 Å². The SMILES string of the molecule is CC(C#N)Cc1ccc(C(F)(F)F)cc1. The molecule has 1 nitrogen and oxygen atoms in total. The number of hydrogen-bond acceptors (Lipinski definition) is 1. The van der Waals surface area contributed by atoms with Gasteiger partial charge in [0.05, 0.1) is 11.6 Å². The molecule has 0 spiro atoms. The van der Waals surface area contributed by atoms with Crippen molar-refractivity contribution in [2.45, 2.75) is 19.5 Å². The summed E-state index contributed by atoms with van der Waals surface area (Å²) in [5, 5.41) is 8.55. The third-order valence-electron chi connectivity index (χ3n) is 2.04. The molecule has 80 valence electrons. The highest BCUT2D eigenvalue weighted by Crippen LogP contribution is 2.29. The Bertz CT molecular complexity index is 359. The van der Waals surface area contributed by atoms with Gasteiger partial charge in [0.15, 0.2) is 0 Å². The monoisotopic (exact) mass is 213 g/mol. The molecule has 1 aromatic rings. The molecule has 0 saturated heterocycles. The minimum Gasteiger partial charge on any atom is -0.198 e. The second-order valence-corrected chi connectivity index (χ2v) is 3.43. The summed E-state index contributed by atoms with van der Waals surface area (Å²) in [6, 6.07) is 6.94. The van der Waals surface area contributed by atoms with Crippen molar-refractivity contribution in [3.63, 3.8) is 0 Å². The largest absolute Gasteiger partial charge is 0.416 e. The molecule has 1 aromatic carbocycles. The predicted octanol–water partition coefficient (Wildman–Crippen LogP) is 3.41. The minimum atomic E-state index is -4.29. The molecule has 0 aromatic heterocycles. The lowest BCUT2D eigenvalue weighted by molar-refractivity contribution is -0.137. The molecule has 0 amide bonds. The Morgan fingerprint density at radius 2 is 1.80 bits per heavy atom. The van der Waals surface area contributed by atoms with Gasteiger partial charge in [-0.1, -0.05) is 12.1 Å². The van der Waals surface area contributed by atoms with E-state index in [9.17, 15) is 13.2 Å².